The third-order valence-corrected chi connectivity index (χ3v) is 3.15. The topological polar surface area (TPSA) is 64.7 Å². The highest BCUT2D eigenvalue weighted by atomic mass is 14.9. The molecule has 0 spiro atoms. The van der Waals surface area contributed by atoms with Crippen LogP contribution in [0.2, 0.25) is 0 Å². The van der Waals surface area contributed by atoms with Crippen molar-refractivity contribution in [3.05, 3.63) is 48.4 Å². The first-order valence-electron chi connectivity index (χ1n) is 6.75. The fraction of sp³-hybridized carbons (Fsp3) is 0.188. The molecule has 0 saturated heterocycles. The molecule has 2 aromatic heterocycles. The molecular formula is C16H16N4. The molecule has 0 bridgehead atoms. The van der Waals surface area contributed by atoms with Crippen molar-refractivity contribution in [1.82, 2.24) is 15.0 Å². The first-order chi connectivity index (χ1) is 9.76. The van der Waals surface area contributed by atoms with Gasteiger partial charge in [-0.3, -0.25) is 4.98 Å². The van der Waals surface area contributed by atoms with Gasteiger partial charge in [0.25, 0.3) is 0 Å². The SMILES string of the molecule is CCCc1nc(N)cc(-c2cnc3ccccc3c2)n1. The summed E-state index contributed by atoms with van der Waals surface area (Å²) >= 11 is 0. The predicted molar refractivity (Wildman–Crippen MR) is 81.2 cm³/mol. The molecule has 3 aromatic rings. The number of nitrogens with zero attached hydrogens (tertiary/aromatic N) is 3. The predicted octanol–water partition coefficient (Wildman–Crippen LogP) is 3.23. The van der Waals surface area contributed by atoms with Gasteiger partial charge in [-0.05, 0) is 18.6 Å². The molecule has 1 aromatic carbocycles. The maximum Gasteiger partial charge on any atom is 0.131 e. The van der Waals surface area contributed by atoms with Crippen molar-refractivity contribution >= 4 is 16.7 Å². The van der Waals surface area contributed by atoms with Crippen molar-refractivity contribution in [2.24, 2.45) is 0 Å². The Hall–Kier alpha value is -2.49. The van der Waals surface area contributed by atoms with Crippen LogP contribution in [0.3, 0.4) is 0 Å². The highest BCUT2D eigenvalue weighted by molar-refractivity contribution is 5.82. The number of fused-ring (bicyclic) bond motifs is 1. The Bertz CT molecular complexity index is 752. The van der Waals surface area contributed by atoms with Crippen molar-refractivity contribution in [2.45, 2.75) is 19.8 Å². The minimum absolute atomic E-state index is 0.506. The van der Waals surface area contributed by atoms with Gasteiger partial charge in [0, 0.05) is 29.6 Å². The third-order valence-electron chi connectivity index (χ3n) is 3.15. The Kier molecular flexibility index (Phi) is 3.29. The van der Waals surface area contributed by atoms with Crippen LogP contribution in [0.15, 0.2) is 42.6 Å². The van der Waals surface area contributed by atoms with Gasteiger partial charge in [0.1, 0.15) is 11.6 Å². The number of aromatic nitrogens is 3. The molecule has 0 atom stereocenters. The third kappa shape index (κ3) is 2.45. The standard InChI is InChI=1S/C16H16N4/c1-2-5-16-19-14(9-15(17)20-16)12-8-11-6-3-4-7-13(11)18-10-12/h3-4,6-10H,2,5H2,1H3,(H2,17,19,20). The van der Waals surface area contributed by atoms with Gasteiger partial charge in [-0.1, -0.05) is 25.1 Å². The Morgan fingerprint density at radius 1 is 1.10 bits per heavy atom. The lowest BCUT2D eigenvalue weighted by molar-refractivity contribution is 0.839. The van der Waals surface area contributed by atoms with E-state index in [1.54, 1.807) is 6.07 Å². The fourth-order valence-corrected chi connectivity index (χ4v) is 2.21. The molecule has 2 N–H and O–H groups in total. The molecule has 0 aliphatic carbocycles. The van der Waals surface area contributed by atoms with Crippen molar-refractivity contribution < 1.29 is 0 Å². The second kappa shape index (κ2) is 5.25. The molecular weight excluding hydrogens is 248 g/mol. The number of hydrogen-bond donors (Lipinski definition) is 1. The van der Waals surface area contributed by atoms with Gasteiger partial charge >= 0.3 is 0 Å². The molecule has 0 saturated carbocycles. The Morgan fingerprint density at radius 3 is 2.80 bits per heavy atom. The van der Waals surface area contributed by atoms with E-state index >= 15 is 0 Å². The van der Waals surface area contributed by atoms with E-state index in [9.17, 15) is 0 Å². The highest BCUT2D eigenvalue weighted by Gasteiger charge is 2.06. The van der Waals surface area contributed by atoms with Crippen LogP contribution in [-0.4, -0.2) is 15.0 Å². The summed E-state index contributed by atoms with van der Waals surface area (Å²) in [7, 11) is 0. The summed E-state index contributed by atoms with van der Waals surface area (Å²) in [6.07, 6.45) is 3.66. The minimum atomic E-state index is 0.506. The van der Waals surface area contributed by atoms with Crippen molar-refractivity contribution in [3.8, 4) is 11.3 Å². The van der Waals surface area contributed by atoms with E-state index in [4.69, 9.17) is 5.73 Å². The number of benzene rings is 1. The van der Waals surface area contributed by atoms with Crippen LogP contribution in [0.4, 0.5) is 5.82 Å². The molecule has 100 valence electrons. The van der Waals surface area contributed by atoms with Crippen molar-refractivity contribution in [3.63, 3.8) is 0 Å². The quantitative estimate of drug-likeness (QED) is 0.788. The molecule has 4 nitrogen and oxygen atoms in total. The van der Waals surface area contributed by atoms with E-state index in [0.29, 0.717) is 5.82 Å². The number of pyridine rings is 1. The Morgan fingerprint density at radius 2 is 1.95 bits per heavy atom. The van der Waals surface area contributed by atoms with E-state index in [0.717, 1.165) is 40.8 Å². The maximum atomic E-state index is 5.87. The molecule has 0 radical (unpaired) electrons. The molecule has 4 heteroatoms. The normalized spacial score (nSPS) is 10.8. The number of rotatable bonds is 3. The summed E-state index contributed by atoms with van der Waals surface area (Å²) in [6.45, 7) is 2.10. The van der Waals surface area contributed by atoms with Crippen molar-refractivity contribution in [1.29, 1.82) is 0 Å². The second-order valence-electron chi connectivity index (χ2n) is 4.76. The van der Waals surface area contributed by atoms with Gasteiger partial charge in [0.05, 0.1) is 11.2 Å². The molecule has 20 heavy (non-hydrogen) atoms. The summed E-state index contributed by atoms with van der Waals surface area (Å²) in [5.74, 6) is 1.29. The summed E-state index contributed by atoms with van der Waals surface area (Å²) < 4.78 is 0. The van der Waals surface area contributed by atoms with Crippen LogP contribution in [0.1, 0.15) is 19.2 Å². The Labute approximate surface area is 117 Å². The van der Waals surface area contributed by atoms with Gasteiger partial charge in [0.15, 0.2) is 0 Å². The van der Waals surface area contributed by atoms with Crippen LogP contribution in [0, 0.1) is 0 Å². The van der Waals surface area contributed by atoms with Gasteiger partial charge in [0.2, 0.25) is 0 Å². The van der Waals surface area contributed by atoms with E-state index in [1.807, 2.05) is 30.5 Å². The largest absolute Gasteiger partial charge is 0.384 e. The van der Waals surface area contributed by atoms with Gasteiger partial charge in [-0.15, -0.1) is 0 Å². The van der Waals surface area contributed by atoms with Crippen LogP contribution in [0.5, 0.6) is 0 Å². The number of para-hydroxylation sites is 1. The summed E-state index contributed by atoms with van der Waals surface area (Å²) in [5, 5.41) is 1.10. The summed E-state index contributed by atoms with van der Waals surface area (Å²) in [4.78, 5) is 13.3. The lowest BCUT2D eigenvalue weighted by Gasteiger charge is -2.06. The molecule has 2 heterocycles. The number of anilines is 1. The fourth-order valence-electron chi connectivity index (χ4n) is 2.21. The van der Waals surface area contributed by atoms with Crippen LogP contribution in [-0.2, 0) is 6.42 Å². The van der Waals surface area contributed by atoms with Crippen molar-refractivity contribution in [2.75, 3.05) is 5.73 Å². The summed E-state index contributed by atoms with van der Waals surface area (Å²) in [5.41, 5.74) is 8.65. The molecule has 0 aliphatic rings. The number of aryl methyl sites for hydroxylation is 1. The average molecular weight is 264 g/mol. The van der Waals surface area contributed by atoms with Crippen LogP contribution < -0.4 is 5.73 Å². The minimum Gasteiger partial charge on any atom is -0.384 e. The monoisotopic (exact) mass is 264 g/mol. The number of nitrogens with two attached hydrogens (primary N) is 1. The van der Waals surface area contributed by atoms with Crippen LogP contribution in [0.25, 0.3) is 22.2 Å². The summed E-state index contributed by atoms with van der Waals surface area (Å²) in [6, 6.07) is 11.9. The molecule has 3 rings (SSSR count). The lowest BCUT2D eigenvalue weighted by Crippen LogP contribution is -2.01. The number of hydrogen-bond acceptors (Lipinski definition) is 4. The van der Waals surface area contributed by atoms with Crippen LogP contribution >= 0.6 is 0 Å². The van der Waals surface area contributed by atoms with E-state index < -0.39 is 0 Å². The van der Waals surface area contributed by atoms with E-state index in [-0.39, 0.29) is 0 Å². The second-order valence-corrected chi connectivity index (χ2v) is 4.76. The van der Waals surface area contributed by atoms with Gasteiger partial charge < -0.3 is 5.73 Å². The highest BCUT2D eigenvalue weighted by Crippen LogP contribution is 2.22. The number of nitrogen functional groups attached to an aromatic ring is 1. The molecule has 0 amide bonds. The lowest BCUT2D eigenvalue weighted by atomic mass is 10.1. The maximum absolute atomic E-state index is 5.87. The molecule has 0 aliphatic heterocycles. The first-order valence-corrected chi connectivity index (χ1v) is 6.75. The smallest absolute Gasteiger partial charge is 0.131 e. The van der Waals surface area contributed by atoms with Gasteiger partial charge in [-0.2, -0.15) is 0 Å². The molecule has 0 unspecified atom stereocenters. The Balaban J connectivity index is 2.10. The zero-order valence-electron chi connectivity index (χ0n) is 11.4. The first kappa shape index (κ1) is 12.5. The molecule has 0 fully saturated rings. The zero-order valence-corrected chi connectivity index (χ0v) is 11.4. The average Bonchev–Trinajstić information content (AvgIpc) is 2.46. The zero-order chi connectivity index (χ0) is 13.9. The van der Waals surface area contributed by atoms with E-state index in [1.165, 1.54) is 0 Å². The van der Waals surface area contributed by atoms with Gasteiger partial charge in [-0.25, -0.2) is 9.97 Å². The van der Waals surface area contributed by atoms with E-state index in [2.05, 4.69) is 27.9 Å².